The molecule has 2 saturated heterocycles. The molecule has 0 radical (unpaired) electrons. The fourth-order valence-electron chi connectivity index (χ4n) is 6.28. The lowest BCUT2D eigenvalue weighted by Crippen LogP contribution is -2.49. The van der Waals surface area contributed by atoms with E-state index in [1.165, 1.54) is 30.1 Å². The number of carbonyl (C=O) groups is 2. The van der Waals surface area contributed by atoms with Gasteiger partial charge in [-0.25, -0.2) is 33.7 Å². The van der Waals surface area contributed by atoms with Crippen LogP contribution in [-0.2, 0) is 51.2 Å². The van der Waals surface area contributed by atoms with E-state index >= 15 is 0 Å². The first-order valence-corrected chi connectivity index (χ1v) is 21.7. The molecule has 0 bridgehead atoms. The van der Waals surface area contributed by atoms with E-state index in [9.17, 15) is 53.5 Å². The third-order valence-corrected chi connectivity index (χ3v) is 11.0. The highest BCUT2D eigenvalue weighted by molar-refractivity contribution is 7.47. The van der Waals surface area contributed by atoms with E-state index in [0.717, 1.165) is 22.0 Å². The van der Waals surface area contributed by atoms with Crippen LogP contribution in [0.5, 0.6) is 0 Å². The van der Waals surface area contributed by atoms with Gasteiger partial charge in [0.05, 0.1) is 31.7 Å². The predicted octanol–water partition coefficient (Wildman–Crippen LogP) is -1.74. The maximum atomic E-state index is 14.0. The zero-order valence-corrected chi connectivity index (χ0v) is 35.3. The fourth-order valence-corrected chi connectivity index (χ4v) is 7.59. The van der Waals surface area contributed by atoms with Gasteiger partial charge in [0, 0.05) is 26.3 Å². The summed E-state index contributed by atoms with van der Waals surface area (Å²) < 4.78 is 65.1. The molecule has 10 N–H and O–H groups in total. The summed E-state index contributed by atoms with van der Waals surface area (Å²) in [6.45, 7) is 4.23. The Hall–Kier alpha value is -4.31. The van der Waals surface area contributed by atoms with E-state index in [4.69, 9.17) is 39.5 Å². The molecule has 2 aliphatic heterocycles. The molecule has 1 amide bonds. The summed E-state index contributed by atoms with van der Waals surface area (Å²) >= 11 is 0. The van der Waals surface area contributed by atoms with Gasteiger partial charge in [-0.2, -0.15) is 4.98 Å². The minimum atomic E-state index is -5.44. The molecule has 0 aliphatic carbocycles. The predicted molar refractivity (Wildman–Crippen MR) is 209 cm³/mol. The molecule has 5 heterocycles. The molecule has 0 aromatic carbocycles. The number of hydrogen-bond donors (Lipinski definition) is 8. The van der Waals surface area contributed by atoms with Gasteiger partial charge in [-0.3, -0.25) is 27.5 Å². The van der Waals surface area contributed by atoms with E-state index in [-0.39, 0.29) is 48.7 Å². The molecule has 62 heavy (non-hydrogen) atoms. The monoisotopic (exact) mass is 921 g/mol. The molecular weight excluding hydrogens is 872 g/mol. The average Bonchev–Trinajstić information content (AvgIpc) is 3.84. The number of nitrogen functional groups attached to an aromatic ring is 2. The number of nitrogens with zero attached hydrogens (tertiary/aromatic N) is 7. The molecule has 27 nitrogen and oxygen atoms in total. The van der Waals surface area contributed by atoms with Gasteiger partial charge >= 0.3 is 27.3 Å². The molecule has 29 heteroatoms. The minimum absolute atomic E-state index is 0.0263. The Kier molecular flexibility index (Phi) is 15.7. The van der Waals surface area contributed by atoms with Crippen molar-refractivity contribution < 1.29 is 81.2 Å². The maximum absolute atomic E-state index is 14.0. The topological polar surface area (TPSA) is 388 Å². The zero-order valence-electron chi connectivity index (χ0n) is 33.5. The standard InChI is InChI=1S/C33H49N9O18P2/c1-5-6-7-21(43)40(4)17(12-54-11-9-33(2,3)48)31(46)59-25-18(57-30(23(25)44)42-16-38-22-27(35)36-15-37-28(22)42)14-56-62(52,53)60-26-19(13-55-61(49,50)51)58-29(24(26)45)41-10-8-20(34)39-32(41)47/h5,8,10,15-19,23-26,29-30,44-45,48H,1,6-7,9,11-14H2,2-4H3,(H,52,53)(H2,34,39,47)(H2,35,36,37)(H2,49,50,51)/t17?,18-,19-,23-,24-,25-,26-,29-,30-/m1/s1. The number of rotatable bonds is 21. The summed E-state index contributed by atoms with van der Waals surface area (Å²) in [6.07, 6.45) is -8.78. The van der Waals surface area contributed by atoms with Crippen molar-refractivity contribution in [3.05, 3.63) is 48.1 Å². The van der Waals surface area contributed by atoms with E-state index in [1.807, 2.05) is 0 Å². The minimum Gasteiger partial charge on any atom is -0.455 e. The molecule has 0 spiro atoms. The van der Waals surface area contributed by atoms with Crippen molar-refractivity contribution in [2.24, 2.45) is 0 Å². The van der Waals surface area contributed by atoms with Crippen LogP contribution >= 0.6 is 15.6 Å². The highest BCUT2D eigenvalue weighted by Crippen LogP contribution is 2.50. The molecule has 344 valence electrons. The third kappa shape index (κ3) is 12.2. The summed E-state index contributed by atoms with van der Waals surface area (Å²) in [5, 5.41) is 33.0. The number of aromatic nitrogens is 6. The number of carbonyl (C=O) groups excluding carboxylic acids is 2. The van der Waals surface area contributed by atoms with Gasteiger partial charge < -0.3 is 65.3 Å². The number of phosphoric ester groups is 2. The molecule has 3 aromatic rings. The number of imidazole rings is 1. The van der Waals surface area contributed by atoms with Crippen LogP contribution in [0.3, 0.4) is 0 Å². The number of ether oxygens (including phenoxy) is 4. The largest absolute Gasteiger partial charge is 0.472 e. The summed E-state index contributed by atoms with van der Waals surface area (Å²) in [7, 11) is -9.30. The Balaban J connectivity index is 1.40. The van der Waals surface area contributed by atoms with Crippen LogP contribution in [0, 0.1) is 0 Å². The number of aliphatic hydroxyl groups is 3. The summed E-state index contributed by atoms with van der Waals surface area (Å²) in [4.78, 5) is 85.9. The highest BCUT2D eigenvalue weighted by atomic mass is 31.2. The second kappa shape index (κ2) is 20.0. The molecule has 2 fully saturated rings. The Morgan fingerprint density at radius 1 is 1.03 bits per heavy atom. The van der Waals surface area contributed by atoms with Crippen molar-refractivity contribution in [1.82, 2.24) is 34.0 Å². The van der Waals surface area contributed by atoms with Crippen molar-refractivity contribution in [3.8, 4) is 0 Å². The van der Waals surface area contributed by atoms with Gasteiger partial charge in [0.1, 0.15) is 48.2 Å². The first-order chi connectivity index (χ1) is 29.0. The van der Waals surface area contributed by atoms with Crippen LogP contribution in [0.4, 0.5) is 11.6 Å². The lowest BCUT2D eigenvalue weighted by atomic mass is 10.1. The molecule has 2 unspecified atom stereocenters. The molecule has 3 aromatic heterocycles. The Bertz CT molecular complexity index is 2220. The zero-order chi connectivity index (χ0) is 45.7. The number of likely N-dealkylation sites (N-methyl/N-ethyl adjacent to an activating group) is 1. The van der Waals surface area contributed by atoms with E-state index in [2.05, 4.69) is 31.0 Å². The first kappa shape index (κ1) is 48.7. The number of esters is 1. The lowest BCUT2D eigenvalue weighted by molar-refractivity contribution is -0.167. The van der Waals surface area contributed by atoms with E-state index in [0.29, 0.717) is 0 Å². The van der Waals surface area contributed by atoms with Gasteiger partial charge in [0.2, 0.25) is 5.91 Å². The van der Waals surface area contributed by atoms with Crippen molar-refractivity contribution in [1.29, 1.82) is 0 Å². The van der Waals surface area contributed by atoms with Crippen molar-refractivity contribution in [2.75, 3.05) is 44.9 Å². The van der Waals surface area contributed by atoms with Gasteiger partial charge in [-0.15, -0.1) is 6.58 Å². The van der Waals surface area contributed by atoms with Gasteiger partial charge in [0.15, 0.2) is 36.1 Å². The average molecular weight is 922 g/mol. The number of nitrogens with two attached hydrogens (primary N) is 2. The van der Waals surface area contributed by atoms with Crippen LogP contribution in [0.25, 0.3) is 11.2 Å². The second-order valence-electron chi connectivity index (χ2n) is 14.7. The number of amides is 1. The number of anilines is 2. The van der Waals surface area contributed by atoms with Gasteiger partial charge in [-0.05, 0) is 32.8 Å². The summed E-state index contributed by atoms with van der Waals surface area (Å²) in [5.41, 5.74) is 9.50. The quantitative estimate of drug-likeness (QED) is 0.0254. The summed E-state index contributed by atoms with van der Waals surface area (Å²) in [5.74, 6) is -1.83. The van der Waals surface area contributed by atoms with Crippen molar-refractivity contribution >= 4 is 50.3 Å². The second-order valence-corrected chi connectivity index (χ2v) is 17.4. The van der Waals surface area contributed by atoms with Crippen molar-refractivity contribution in [3.63, 3.8) is 0 Å². The van der Waals surface area contributed by atoms with Crippen molar-refractivity contribution in [2.45, 2.75) is 93.8 Å². The highest BCUT2D eigenvalue weighted by Gasteiger charge is 2.52. The number of allylic oxidation sites excluding steroid dienone is 1. The number of hydrogen-bond acceptors (Lipinski definition) is 21. The molecule has 5 rings (SSSR count). The molecular formula is C33H49N9O18P2. The first-order valence-electron chi connectivity index (χ1n) is 18.7. The van der Waals surface area contributed by atoms with Crippen LogP contribution in [-0.4, -0.2) is 158 Å². The maximum Gasteiger partial charge on any atom is 0.472 e. The lowest BCUT2D eigenvalue weighted by Gasteiger charge is -2.30. The van der Waals surface area contributed by atoms with E-state index in [1.54, 1.807) is 13.8 Å². The molecule has 10 atom stereocenters. The Morgan fingerprint density at radius 2 is 1.68 bits per heavy atom. The van der Waals surface area contributed by atoms with Crippen LogP contribution in [0.2, 0.25) is 0 Å². The van der Waals surface area contributed by atoms with Crippen LogP contribution in [0.1, 0.15) is 45.6 Å². The van der Waals surface area contributed by atoms with Gasteiger partial charge in [-0.1, -0.05) is 6.08 Å². The Morgan fingerprint density at radius 3 is 2.32 bits per heavy atom. The van der Waals surface area contributed by atoms with Crippen LogP contribution < -0.4 is 17.2 Å². The smallest absolute Gasteiger partial charge is 0.455 e. The Labute approximate surface area is 352 Å². The van der Waals surface area contributed by atoms with Crippen LogP contribution in [0.15, 0.2) is 42.4 Å². The SMILES string of the molecule is C=CCCC(=O)N(C)C(COCCC(C)(C)O)C(=O)O[C@H]1[C@@H](O)[C@H](n2cnc3c(N)ncnc32)O[C@@H]1COP(=O)(O)O[C@H]1[C@@H](O)[C@H](n2ccc(N)nc2=O)O[C@@H]1COP(=O)(O)O. The number of aliphatic hydroxyl groups excluding tert-OH is 2. The fraction of sp³-hybridized carbons (Fsp3) is 0.606. The molecule has 2 aliphatic rings. The third-order valence-electron chi connectivity index (χ3n) is 9.55. The molecule has 0 saturated carbocycles. The normalized spacial score (nSPS) is 25.7. The number of phosphoric acid groups is 2. The number of fused-ring (bicyclic) bond motifs is 1. The van der Waals surface area contributed by atoms with E-state index < -0.39 is 114 Å². The summed E-state index contributed by atoms with van der Waals surface area (Å²) in [6, 6.07) is -0.261. The van der Waals surface area contributed by atoms with Gasteiger partial charge in [0.25, 0.3) is 0 Å².